The van der Waals surface area contributed by atoms with E-state index in [-0.39, 0.29) is 5.82 Å². The molecule has 5 heteroatoms. The van der Waals surface area contributed by atoms with Crippen molar-refractivity contribution in [2.24, 2.45) is 0 Å². The van der Waals surface area contributed by atoms with Crippen molar-refractivity contribution >= 4 is 15.6 Å². The average molecular weight is 345 g/mol. The van der Waals surface area contributed by atoms with Gasteiger partial charge in [-0.3, -0.25) is 0 Å². The van der Waals surface area contributed by atoms with Gasteiger partial charge in [0, 0.05) is 13.1 Å². The first kappa shape index (κ1) is 16.9. The second-order valence-corrected chi connectivity index (χ2v) is 8.00. The highest BCUT2D eigenvalue weighted by atomic mass is 32.2. The number of sulfonamides is 1. The summed E-state index contributed by atoms with van der Waals surface area (Å²) < 4.78 is 38.2. The number of benzene rings is 2. The summed E-state index contributed by atoms with van der Waals surface area (Å²) in [6.07, 6.45) is 2.63. The molecule has 0 bridgehead atoms. The van der Waals surface area contributed by atoms with Crippen molar-refractivity contribution in [3.63, 3.8) is 0 Å². The van der Waals surface area contributed by atoms with Crippen molar-refractivity contribution < 1.29 is 12.8 Å². The van der Waals surface area contributed by atoms with E-state index < -0.39 is 10.0 Å². The molecule has 0 atom stereocenters. The molecule has 0 N–H and O–H groups in total. The van der Waals surface area contributed by atoms with Crippen molar-refractivity contribution in [2.45, 2.75) is 12.8 Å². The van der Waals surface area contributed by atoms with E-state index in [4.69, 9.17) is 0 Å². The zero-order chi connectivity index (χ0) is 17.2. The van der Waals surface area contributed by atoms with Gasteiger partial charge in [0.15, 0.2) is 0 Å². The van der Waals surface area contributed by atoms with Crippen LogP contribution in [-0.2, 0) is 10.0 Å². The fraction of sp³-hybridized carbons (Fsp3) is 0.263. The molecule has 0 saturated carbocycles. The Balaban J connectivity index is 2.01. The van der Waals surface area contributed by atoms with E-state index in [2.05, 4.69) is 0 Å². The molecule has 126 valence electrons. The van der Waals surface area contributed by atoms with E-state index in [0.717, 1.165) is 16.7 Å². The molecule has 3 nitrogen and oxygen atoms in total. The Labute approximate surface area is 142 Å². The molecule has 1 aliphatic rings. The van der Waals surface area contributed by atoms with Gasteiger partial charge in [0.1, 0.15) is 5.82 Å². The van der Waals surface area contributed by atoms with Crippen molar-refractivity contribution in [1.29, 1.82) is 0 Å². The van der Waals surface area contributed by atoms with Crippen LogP contribution in [0.15, 0.2) is 60.2 Å². The van der Waals surface area contributed by atoms with E-state index in [1.807, 2.05) is 30.3 Å². The van der Waals surface area contributed by atoms with Crippen LogP contribution >= 0.6 is 0 Å². The zero-order valence-electron chi connectivity index (χ0n) is 13.6. The lowest BCUT2D eigenvalue weighted by atomic mass is 9.89. The van der Waals surface area contributed by atoms with Crippen LogP contribution in [0.2, 0.25) is 0 Å². The fourth-order valence-corrected chi connectivity index (χ4v) is 3.98. The molecule has 24 heavy (non-hydrogen) atoms. The monoisotopic (exact) mass is 345 g/mol. The summed E-state index contributed by atoms with van der Waals surface area (Å²) in [5, 5.41) is 0. The minimum atomic E-state index is -3.15. The average Bonchev–Trinajstić information content (AvgIpc) is 2.58. The zero-order valence-corrected chi connectivity index (χ0v) is 14.4. The highest BCUT2D eigenvalue weighted by molar-refractivity contribution is 7.88. The molecule has 0 amide bonds. The topological polar surface area (TPSA) is 37.4 Å². The molecular formula is C19H20FNO2S. The molecule has 0 aliphatic carbocycles. The number of halogens is 1. The molecule has 0 spiro atoms. The molecule has 1 aliphatic heterocycles. The van der Waals surface area contributed by atoms with Crippen LogP contribution in [0.1, 0.15) is 24.0 Å². The molecule has 0 aromatic heterocycles. The number of nitrogens with zero attached hydrogens (tertiary/aromatic N) is 1. The van der Waals surface area contributed by atoms with Crippen LogP contribution in [0, 0.1) is 5.82 Å². The summed E-state index contributed by atoms with van der Waals surface area (Å²) in [6, 6.07) is 16.5. The van der Waals surface area contributed by atoms with Gasteiger partial charge in [-0.05, 0) is 41.7 Å². The quantitative estimate of drug-likeness (QED) is 0.851. The highest BCUT2D eigenvalue weighted by Gasteiger charge is 2.24. The molecule has 2 aromatic carbocycles. The predicted octanol–water partition coefficient (Wildman–Crippen LogP) is 3.68. The lowest BCUT2D eigenvalue weighted by molar-refractivity contribution is 0.391. The highest BCUT2D eigenvalue weighted by Crippen LogP contribution is 2.32. The van der Waals surface area contributed by atoms with E-state index in [1.54, 1.807) is 12.1 Å². The van der Waals surface area contributed by atoms with Crippen molar-refractivity contribution in [3.05, 3.63) is 77.1 Å². The van der Waals surface area contributed by atoms with E-state index in [9.17, 15) is 12.8 Å². The molecule has 0 unspecified atom stereocenters. The second kappa shape index (κ2) is 6.87. The molecule has 2 aromatic rings. The van der Waals surface area contributed by atoms with Crippen molar-refractivity contribution in [2.75, 3.05) is 19.3 Å². The van der Waals surface area contributed by atoms with Crippen LogP contribution in [0.5, 0.6) is 0 Å². The van der Waals surface area contributed by atoms with Gasteiger partial charge in [-0.2, -0.15) is 0 Å². The Morgan fingerprint density at radius 1 is 0.917 bits per heavy atom. The van der Waals surface area contributed by atoms with Crippen molar-refractivity contribution in [3.8, 4) is 0 Å². The first-order chi connectivity index (χ1) is 11.4. The Kier molecular flexibility index (Phi) is 4.83. The Morgan fingerprint density at radius 2 is 1.46 bits per heavy atom. The van der Waals surface area contributed by atoms with Gasteiger partial charge in [0.05, 0.1) is 6.26 Å². The summed E-state index contributed by atoms with van der Waals surface area (Å²) in [7, 11) is -3.15. The summed E-state index contributed by atoms with van der Waals surface area (Å²) in [6.45, 7) is 0.984. The largest absolute Gasteiger partial charge is 0.213 e. The van der Waals surface area contributed by atoms with Crippen LogP contribution in [-0.4, -0.2) is 32.1 Å². The Hall–Kier alpha value is -1.98. The molecule has 1 saturated heterocycles. The SMILES string of the molecule is CS(=O)(=O)N1CCC(=C(c2ccccc2)c2ccc(F)cc2)CC1. The van der Waals surface area contributed by atoms with Gasteiger partial charge in [0.25, 0.3) is 0 Å². The van der Waals surface area contributed by atoms with Crippen LogP contribution in [0.25, 0.3) is 5.57 Å². The molecule has 0 radical (unpaired) electrons. The maximum absolute atomic E-state index is 13.3. The van der Waals surface area contributed by atoms with Gasteiger partial charge in [-0.15, -0.1) is 0 Å². The molecule has 1 heterocycles. The Bertz CT molecular complexity index is 833. The summed E-state index contributed by atoms with van der Waals surface area (Å²) >= 11 is 0. The van der Waals surface area contributed by atoms with Gasteiger partial charge in [-0.25, -0.2) is 17.1 Å². The number of piperidine rings is 1. The van der Waals surface area contributed by atoms with Crippen LogP contribution < -0.4 is 0 Å². The minimum absolute atomic E-state index is 0.261. The second-order valence-electron chi connectivity index (χ2n) is 6.01. The molecular weight excluding hydrogens is 325 g/mol. The minimum Gasteiger partial charge on any atom is -0.213 e. The van der Waals surface area contributed by atoms with Gasteiger partial charge in [-0.1, -0.05) is 48.0 Å². The maximum atomic E-state index is 13.3. The third-order valence-electron chi connectivity index (χ3n) is 4.34. The fourth-order valence-electron chi connectivity index (χ4n) is 3.13. The third kappa shape index (κ3) is 3.74. The molecule has 3 rings (SSSR count). The van der Waals surface area contributed by atoms with Gasteiger partial charge < -0.3 is 0 Å². The van der Waals surface area contributed by atoms with Crippen LogP contribution in [0.4, 0.5) is 4.39 Å². The smallest absolute Gasteiger partial charge is 0.211 e. The first-order valence-electron chi connectivity index (χ1n) is 7.93. The number of hydrogen-bond donors (Lipinski definition) is 0. The van der Waals surface area contributed by atoms with Gasteiger partial charge in [0.2, 0.25) is 10.0 Å². The van der Waals surface area contributed by atoms with Crippen LogP contribution in [0.3, 0.4) is 0 Å². The summed E-state index contributed by atoms with van der Waals surface area (Å²) in [5.41, 5.74) is 4.34. The lowest BCUT2D eigenvalue weighted by Gasteiger charge is -2.28. The first-order valence-corrected chi connectivity index (χ1v) is 9.78. The van der Waals surface area contributed by atoms with Crippen molar-refractivity contribution in [1.82, 2.24) is 4.31 Å². The van der Waals surface area contributed by atoms with E-state index in [0.29, 0.717) is 25.9 Å². The Morgan fingerprint density at radius 3 is 2.00 bits per heavy atom. The standard InChI is InChI=1S/C19H20FNO2S/c1-24(22,23)21-13-11-17(12-14-21)19(15-5-3-2-4-6-15)16-7-9-18(20)10-8-16/h2-10H,11-14H2,1H3. The lowest BCUT2D eigenvalue weighted by Crippen LogP contribution is -2.35. The van der Waals surface area contributed by atoms with E-state index in [1.165, 1.54) is 28.3 Å². The van der Waals surface area contributed by atoms with E-state index >= 15 is 0 Å². The predicted molar refractivity (Wildman–Crippen MR) is 94.5 cm³/mol. The summed E-state index contributed by atoms with van der Waals surface area (Å²) in [4.78, 5) is 0. The third-order valence-corrected chi connectivity index (χ3v) is 5.65. The van der Waals surface area contributed by atoms with Gasteiger partial charge >= 0.3 is 0 Å². The summed E-state index contributed by atoms with van der Waals surface area (Å²) in [5.74, 6) is -0.261. The normalized spacial score (nSPS) is 16.2. The molecule has 1 fully saturated rings. The maximum Gasteiger partial charge on any atom is 0.211 e. The number of hydrogen-bond acceptors (Lipinski definition) is 2. The number of rotatable bonds is 3.